The number of carbonyl (C=O) groups is 2. The lowest BCUT2D eigenvalue weighted by atomic mass is 9.98. The Labute approximate surface area is 229 Å². The first-order chi connectivity index (χ1) is 18.1. The molecule has 38 heavy (non-hydrogen) atoms. The zero-order valence-corrected chi connectivity index (χ0v) is 23.6. The van der Waals surface area contributed by atoms with Crippen LogP contribution in [-0.2, 0) is 11.3 Å². The summed E-state index contributed by atoms with van der Waals surface area (Å²) in [4.78, 5) is 24.1. The van der Waals surface area contributed by atoms with Crippen LogP contribution in [0, 0.1) is 13.8 Å². The highest BCUT2D eigenvalue weighted by Gasteiger charge is 2.17. The molecule has 0 saturated heterocycles. The summed E-state index contributed by atoms with van der Waals surface area (Å²) in [6, 6.07) is 19.6. The van der Waals surface area contributed by atoms with Crippen molar-refractivity contribution in [3.05, 3.63) is 99.2 Å². The Morgan fingerprint density at radius 1 is 1.00 bits per heavy atom. The first kappa shape index (κ1) is 27.5. The van der Waals surface area contributed by atoms with Crippen LogP contribution >= 0.6 is 11.6 Å². The summed E-state index contributed by atoms with van der Waals surface area (Å²) in [6.45, 7) is 12.8. The fourth-order valence-electron chi connectivity index (χ4n) is 4.69. The summed E-state index contributed by atoms with van der Waals surface area (Å²) in [5.41, 5.74) is 7.21. The minimum absolute atomic E-state index is 0.0951. The third-order valence-electron chi connectivity index (χ3n) is 7.19. The molecule has 4 aromatic rings. The minimum atomic E-state index is -0.533. The van der Waals surface area contributed by atoms with Gasteiger partial charge in [-0.2, -0.15) is 0 Å². The van der Waals surface area contributed by atoms with Crippen molar-refractivity contribution in [3.63, 3.8) is 0 Å². The monoisotopic (exact) mass is 530 g/mol. The van der Waals surface area contributed by atoms with Crippen LogP contribution < -0.4 is 10.1 Å². The van der Waals surface area contributed by atoms with Gasteiger partial charge in [0.1, 0.15) is 5.75 Å². The molecule has 1 heterocycles. The molecule has 0 aliphatic heterocycles. The van der Waals surface area contributed by atoms with E-state index >= 15 is 0 Å². The SMILES string of the molecule is Cc1c(C)n(Cc2ccc(O[C@H](C)C=O)cc2Cl)c2ccc(C(=O)N[C@@H](C)c3cccc(C(C)C)c3)cc12. The normalized spacial score (nSPS) is 12.9. The van der Waals surface area contributed by atoms with Gasteiger partial charge in [-0.1, -0.05) is 55.8 Å². The Morgan fingerprint density at radius 2 is 1.74 bits per heavy atom. The number of nitrogens with one attached hydrogen (secondary N) is 1. The Morgan fingerprint density at radius 3 is 2.42 bits per heavy atom. The van der Waals surface area contributed by atoms with Crippen molar-refractivity contribution in [2.24, 2.45) is 0 Å². The van der Waals surface area contributed by atoms with Crippen LogP contribution in [-0.4, -0.2) is 22.9 Å². The van der Waals surface area contributed by atoms with Gasteiger partial charge in [0.2, 0.25) is 0 Å². The number of aldehydes is 1. The molecule has 6 heteroatoms. The third kappa shape index (κ3) is 5.78. The molecule has 1 N–H and O–H groups in total. The van der Waals surface area contributed by atoms with E-state index in [1.54, 1.807) is 13.0 Å². The fraction of sp³-hybridized carbons (Fsp3) is 0.312. The number of aromatic nitrogens is 1. The van der Waals surface area contributed by atoms with Crippen molar-refractivity contribution < 1.29 is 14.3 Å². The van der Waals surface area contributed by atoms with Crippen molar-refractivity contribution in [2.45, 2.75) is 66.2 Å². The Balaban J connectivity index is 1.57. The summed E-state index contributed by atoms with van der Waals surface area (Å²) in [5.74, 6) is 0.898. The number of nitrogens with zero attached hydrogens (tertiary/aromatic N) is 1. The summed E-state index contributed by atoms with van der Waals surface area (Å²) in [5, 5.41) is 4.77. The molecular formula is C32H35ClN2O3. The lowest BCUT2D eigenvalue weighted by Crippen LogP contribution is -2.26. The first-order valence-corrected chi connectivity index (χ1v) is 13.4. The van der Waals surface area contributed by atoms with Crippen molar-refractivity contribution in [2.75, 3.05) is 0 Å². The van der Waals surface area contributed by atoms with Gasteiger partial charge in [-0.25, -0.2) is 0 Å². The molecule has 0 saturated carbocycles. The van der Waals surface area contributed by atoms with E-state index in [1.165, 1.54) is 5.56 Å². The van der Waals surface area contributed by atoms with Gasteiger partial charge in [-0.05, 0) is 86.2 Å². The maximum absolute atomic E-state index is 13.2. The smallest absolute Gasteiger partial charge is 0.251 e. The average molecular weight is 531 g/mol. The minimum Gasteiger partial charge on any atom is -0.483 e. The maximum Gasteiger partial charge on any atom is 0.251 e. The van der Waals surface area contributed by atoms with Crippen LogP contribution in [0.15, 0.2) is 60.7 Å². The molecule has 3 aromatic carbocycles. The Kier molecular flexibility index (Phi) is 8.27. The second kappa shape index (κ2) is 11.4. The number of carbonyl (C=O) groups excluding carboxylic acids is 2. The van der Waals surface area contributed by atoms with Crippen LogP contribution in [0.1, 0.15) is 78.0 Å². The number of hydrogen-bond acceptors (Lipinski definition) is 3. The molecule has 0 unspecified atom stereocenters. The third-order valence-corrected chi connectivity index (χ3v) is 7.54. The molecule has 1 aromatic heterocycles. The van der Waals surface area contributed by atoms with E-state index < -0.39 is 6.10 Å². The molecule has 0 aliphatic carbocycles. The van der Waals surface area contributed by atoms with Gasteiger partial charge in [0.15, 0.2) is 12.4 Å². The number of hydrogen-bond donors (Lipinski definition) is 1. The quantitative estimate of drug-likeness (QED) is 0.227. The predicted octanol–water partition coefficient (Wildman–Crippen LogP) is 7.54. The molecule has 0 radical (unpaired) electrons. The Bertz CT molecular complexity index is 1490. The highest BCUT2D eigenvalue weighted by molar-refractivity contribution is 6.31. The number of rotatable bonds is 9. The van der Waals surface area contributed by atoms with Crippen LogP contribution in [0.3, 0.4) is 0 Å². The average Bonchev–Trinajstić information content (AvgIpc) is 3.14. The van der Waals surface area contributed by atoms with Gasteiger partial charge in [-0.3, -0.25) is 9.59 Å². The number of amides is 1. The fourth-order valence-corrected chi connectivity index (χ4v) is 4.92. The van der Waals surface area contributed by atoms with E-state index in [0.717, 1.165) is 39.6 Å². The zero-order chi connectivity index (χ0) is 27.6. The molecule has 0 bridgehead atoms. The molecule has 0 aliphatic rings. The van der Waals surface area contributed by atoms with Gasteiger partial charge in [0.25, 0.3) is 5.91 Å². The lowest BCUT2D eigenvalue weighted by Gasteiger charge is -2.17. The number of aryl methyl sites for hydroxylation is 1. The summed E-state index contributed by atoms with van der Waals surface area (Å²) in [7, 11) is 0. The zero-order valence-electron chi connectivity index (χ0n) is 22.8. The highest BCUT2D eigenvalue weighted by Crippen LogP contribution is 2.30. The van der Waals surface area contributed by atoms with E-state index in [9.17, 15) is 9.59 Å². The standard InChI is InChI=1S/C32H35ClN2O3/c1-19(2)24-8-7-9-25(14-24)22(5)34-32(37)26-11-13-31-29(15-26)21(4)23(6)35(31)17-27-10-12-28(16-30(27)33)38-20(3)18-36/h7-16,18-20,22H,17H2,1-6H3,(H,34,37)/t20-,22+/m1/s1. The van der Waals surface area contributed by atoms with Crippen LogP contribution in [0.25, 0.3) is 10.9 Å². The van der Waals surface area contributed by atoms with E-state index in [1.807, 2.05) is 43.3 Å². The molecular weight excluding hydrogens is 496 g/mol. The molecule has 0 spiro atoms. The molecule has 4 rings (SSSR count). The Hall–Kier alpha value is -3.57. The van der Waals surface area contributed by atoms with Crippen molar-refractivity contribution in [1.82, 2.24) is 9.88 Å². The van der Waals surface area contributed by atoms with Crippen LogP contribution in [0.5, 0.6) is 5.75 Å². The molecule has 1 amide bonds. The van der Waals surface area contributed by atoms with E-state index in [4.69, 9.17) is 16.3 Å². The predicted molar refractivity (Wildman–Crippen MR) is 155 cm³/mol. The number of halogens is 1. The number of fused-ring (bicyclic) bond motifs is 1. The van der Waals surface area contributed by atoms with Crippen LogP contribution in [0.2, 0.25) is 5.02 Å². The topological polar surface area (TPSA) is 60.3 Å². The van der Waals surface area contributed by atoms with Gasteiger partial charge in [-0.15, -0.1) is 0 Å². The molecule has 198 valence electrons. The lowest BCUT2D eigenvalue weighted by molar-refractivity contribution is -0.113. The van der Waals surface area contributed by atoms with Crippen molar-refractivity contribution in [1.29, 1.82) is 0 Å². The van der Waals surface area contributed by atoms with Crippen LogP contribution in [0.4, 0.5) is 0 Å². The largest absolute Gasteiger partial charge is 0.483 e. The first-order valence-electron chi connectivity index (χ1n) is 13.0. The van der Waals surface area contributed by atoms with Gasteiger partial charge < -0.3 is 14.6 Å². The maximum atomic E-state index is 13.2. The van der Waals surface area contributed by atoms with Gasteiger partial charge in [0, 0.05) is 33.7 Å². The highest BCUT2D eigenvalue weighted by atomic mass is 35.5. The molecule has 0 fully saturated rings. The summed E-state index contributed by atoms with van der Waals surface area (Å²) < 4.78 is 7.77. The van der Waals surface area contributed by atoms with E-state index in [2.05, 4.69) is 55.8 Å². The number of ether oxygens (including phenoxy) is 1. The van der Waals surface area contributed by atoms with Gasteiger partial charge in [0.05, 0.1) is 6.04 Å². The second-order valence-electron chi connectivity index (χ2n) is 10.3. The second-order valence-corrected chi connectivity index (χ2v) is 10.7. The van der Waals surface area contributed by atoms with E-state index in [-0.39, 0.29) is 11.9 Å². The molecule has 5 nitrogen and oxygen atoms in total. The summed E-state index contributed by atoms with van der Waals surface area (Å²) in [6.07, 6.45) is 0.217. The van der Waals surface area contributed by atoms with Gasteiger partial charge >= 0.3 is 0 Å². The van der Waals surface area contributed by atoms with Crippen molar-refractivity contribution in [3.8, 4) is 5.75 Å². The summed E-state index contributed by atoms with van der Waals surface area (Å²) >= 11 is 6.57. The molecule has 2 atom stereocenters. The van der Waals surface area contributed by atoms with Crippen molar-refractivity contribution >= 4 is 34.7 Å². The number of benzene rings is 3. The van der Waals surface area contributed by atoms with E-state index in [0.29, 0.717) is 28.8 Å².